The van der Waals surface area contributed by atoms with Gasteiger partial charge in [-0.2, -0.15) is 0 Å². The molecular weight excluding hydrogens is 313 g/mol. The standard InChI is InChI=1S/C17H22FN3OS/c1-3-6-16-21-12(2)15(23-16)11-20-17(22)19-10-9-13-7-4-5-8-14(13)18/h4-5,7-8H,3,6,9-11H2,1-2H3,(H2,19,20,22). The van der Waals surface area contributed by atoms with Gasteiger partial charge in [0.05, 0.1) is 17.2 Å². The van der Waals surface area contributed by atoms with Gasteiger partial charge in [-0.15, -0.1) is 11.3 Å². The first-order chi connectivity index (χ1) is 11.1. The second-order valence-electron chi connectivity index (χ2n) is 5.32. The third-order valence-electron chi connectivity index (χ3n) is 3.45. The van der Waals surface area contributed by atoms with Gasteiger partial charge in [0.1, 0.15) is 5.82 Å². The zero-order chi connectivity index (χ0) is 16.7. The van der Waals surface area contributed by atoms with Crippen molar-refractivity contribution >= 4 is 17.4 Å². The minimum absolute atomic E-state index is 0.238. The topological polar surface area (TPSA) is 54.0 Å². The molecule has 0 aliphatic heterocycles. The van der Waals surface area contributed by atoms with E-state index in [9.17, 15) is 9.18 Å². The van der Waals surface area contributed by atoms with E-state index in [1.807, 2.05) is 6.92 Å². The Hall–Kier alpha value is -1.95. The van der Waals surface area contributed by atoms with Crippen molar-refractivity contribution in [2.45, 2.75) is 39.7 Å². The van der Waals surface area contributed by atoms with E-state index in [0.717, 1.165) is 28.4 Å². The van der Waals surface area contributed by atoms with Crippen molar-refractivity contribution in [2.75, 3.05) is 6.54 Å². The summed E-state index contributed by atoms with van der Waals surface area (Å²) in [6.07, 6.45) is 2.51. The van der Waals surface area contributed by atoms with Gasteiger partial charge in [-0.3, -0.25) is 0 Å². The van der Waals surface area contributed by atoms with Crippen molar-refractivity contribution in [2.24, 2.45) is 0 Å². The molecule has 0 bridgehead atoms. The lowest BCUT2D eigenvalue weighted by atomic mass is 10.1. The monoisotopic (exact) mass is 335 g/mol. The Morgan fingerprint density at radius 1 is 1.26 bits per heavy atom. The molecule has 0 atom stereocenters. The number of urea groups is 1. The molecule has 0 fully saturated rings. The van der Waals surface area contributed by atoms with Crippen LogP contribution in [0.2, 0.25) is 0 Å². The van der Waals surface area contributed by atoms with Crippen molar-refractivity contribution in [1.29, 1.82) is 0 Å². The van der Waals surface area contributed by atoms with E-state index in [-0.39, 0.29) is 11.8 Å². The number of nitrogens with one attached hydrogen (secondary N) is 2. The summed E-state index contributed by atoms with van der Waals surface area (Å²) in [6, 6.07) is 6.36. The molecule has 1 aromatic carbocycles. The van der Waals surface area contributed by atoms with Crippen molar-refractivity contribution in [3.63, 3.8) is 0 Å². The zero-order valence-electron chi connectivity index (χ0n) is 13.5. The number of carbonyl (C=O) groups excluding carboxylic acids is 1. The minimum atomic E-state index is -0.244. The summed E-state index contributed by atoms with van der Waals surface area (Å²) in [7, 11) is 0. The fourth-order valence-electron chi connectivity index (χ4n) is 2.21. The van der Waals surface area contributed by atoms with Gasteiger partial charge < -0.3 is 10.6 Å². The Morgan fingerprint density at radius 3 is 2.78 bits per heavy atom. The maximum absolute atomic E-state index is 13.5. The molecule has 2 N–H and O–H groups in total. The normalized spacial score (nSPS) is 10.6. The summed E-state index contributed by atoms with van der Waals surface area (Å²) in [4.78, 5) is 17.4. The third-order valence-corrected chi connectivity index (χ3v) is 4.67. The molecule has 0 aliphatic carbocycles. The predicted molar refractivity (Wildman–Crippen MR) is 91.2 cm³/mol. The maximum Gasteiger partial charge on any atom is 0.315 e. The number of hydrogen-bond donors (Lipinski definition) is 2. The van der Waals surface area contributed by atoms with Gasteiger partial charge in [0.25, 0.3) is 0 Å². The molecule has 0 radical (unpaired) electrons. The van der Waals surface area contributed by atoms with Crippen LogP contribution < -0.4 is 10.6 Å². The first kappa shape index (κ1) is 17.4. The van der Waals surface area contributed by atoms with E-state index in [1.165, 1.54) is 6.07 Å². The number of rotatable bonds is 7. The molecule has 4 nitrogen and oxygen atoms in total. The van der Waals surface area contributed by atoms with Crippen molar-refractivity contribution in [3.05, 3.63) is 51.2 Å². The van der Waals surface area contributed by atoms with Crippen LogP contribution in [0.15, 0.2) is 24.3 Å². The Morgan fingerprint density at radius 2 is 2.04 bits per heavy atom. The summed E-state index contributed by atoms with van der Waals surface area (Å²) in [6.45, 7) is 4.95. The van der Waals surface area contributed by atoms with Gasteiger partial charge in [-0.25, -0.2) is 14.2 Å². The molecule has 6 heteroatoms. The van der Waals surface area contributed by atoms with Crippen LogP contribution >= 0.6 is 11.3 Å². The summed E-state index contributed by atoms with van der Waals surface area (Å²) in [5, 5.41) is 6.68. The quantitative estimate of drug-likeness (QED) is 0.812. The van der Waals surface area contributed by atoms with E-state index in [1.54, 1.807) is 29.5 Å². The van der Waals surface area contributed by atoms with Crippen molar-refractivity contribution in [1.82, 2.24) is 15.6 Å². The van der Waals surface area contributed by atoms with E-state index in [4.69, 9.17) is 0 Å². The van der Waals surface area contributed by atoms with Crippen LogP contribution in [0.3, 0.4) is 0 Å². The molecule has 0 saturated carbocycles. The third kappa shape index (κ3) is 5.32. The van der Waals surface area contributed by atoms with Gasteiger partial charge in [0.2, 0.25) is 0 Å². The molecular formula is C17H22FN3OS. The average Bonchev–Trinajstić information content (AvgIpc) is 2.87. The Kier molecular flexibility index (Phi) is 6.52. The highest BCUT2D eigenvalue weighted by molar-refractivity contribution is 7.11. The fourth-order valence-corrected chi connectivity index (χ4v) is 3.32. The van der Waals surface area contributed by atoms with Crippen LogP contribution in [0, 0.1) is 12.7 Å². The van der Waals surface area contributed by atoms with Crippen LogP contribution in [0.5, 0.6) is 0 Å². The molecule has 2 aromatic rings. The number of carbonyl (C=O) groups is 1. The first-order valence-corrected chi connectivity index (χ1v) is 8.62. The van der Waals surface area contributed by atoms with Gasteiger partial charge in [0, 0.05) is 11.4 Å². The van der Waals surface area contributed by atoms with E-state index < -0.39 is 0 Å². The molecule has 0 aliphatic rings. The molecule has 0 unspecified atom stereocenters. The lowest BCUT2D eigenvalue weighted by Crippen LogP contribution is -2.36. The van der Waals surface area contributed by atoms with Gasteiger partial charge in [0.15, 0.2) is 0 Å². The molecule has 0 saturated heterocycles. The number of thiazole rings is 1. The number of benzene rings is 1. The number of aryl methyl sites for hydroxylation is 2. The van der Waals surface area contributed by atoms with Gasteiger partial charge in [-0.05, 0) is 37.8 Å². The van der Waals surface area contributed by atoms with Crippen molar-refractivity contribution < 1.29 is 9.18 Å². The zero-order valence-corrected chi connectivity index (χ0v) is 14.3. The Bertz CT molecular complexity index is 657. The Labute approximate surface area is 140 Å². The Balaban J connectivity index is 1.74. The molecule has 0 spiro atoms. The summed E-state index contributed by atoms with van der Waals surface area (Å²) < 4.78 is 13.5. The second kappa shape index (κ2) is 8.62. The highest BCUT2D eigenvalue weighted by atomic mass is 32.1. The summed E-state index contributed by atoms with van der Waals surface area (Å²) in [5.74, 6) is -0.238. The molecule has 23 heavy (non-hydrogen) atoms. The lowest BCUT2D eigenvalue weighted by molar-refractivity contribution is 0.240. The van der Waals surface area contributed by atoms with Crippen LogP contribution in [-0.2, 0) is 19.4 Å². The number of halogens is 1. The molecule has 1 aromatic heterocycles. The lowest BCUT2D eigenvalue weighted by Gasteiger charge is -2.07. The predicted octanol–water partition coefficient (Wildman–Crippen LogP) is 3.59. The number of hydrogen-bond acceptors (Lipinski definition) is 3. The van der Waals surface area contributed by atoms with Gasteiger partial charge >= 0.3 is 6.03 Å². The average molecular weight is 335 g/mol. The van der Waals surface area contributed by atoms with E-state index >= 15 is 0 Å². The molecule has 124 valence electrons. The SMILES string of the molecule is CCCc1nc(C)c(CNC(=O)NCCc2ccccc2F)s1. The van der Waals surface area contributed by atoms with Crippen molar-refractivity contribution in [3.8, 4) is 0 Å². The first-order valence-electron chi connectivity index (χ1n) is 7.80. The number of nitrogens with zero attached hydrogens (tertiary/aromatic N) is 1. The van der Waals surface area contributed by atoms with Crippen LogP contribution in [0.1, 0.15) is 34.5 Å². The van der Waals surface area contributed by atoms with Crippen LogP contribution in [-0.4, -0.2) is 17.6 Å². The summed E-state index contributed by atoms with van der Waals surface area (Å²) in [5.41, 5.74) is 1.58. The highest BCUT2D eigenvalue weighted by Gasteiger charge is 2.08. The maximum atomic E-state index is 13.5. The molecule has 2 amide bonds. The van der Waals surface area contributed by atoms with Crippen LogP contribution in [0.25, 0.3) is 0 Å². The fraction of sp³-hybridized carbons (Fsp3) is 0.412. The second-order valence-corrected chi connectivity index (χ2v) is 6.49. The minimum Gasteiger partial charge on any atom is -0.338 e. The van der Waals surface area contributed by atoms with Crippen LogP contribution in [0.4, 0.5) is 9.18 Å². The van der Waals surface area contributed by atoms with E-state index in [2.05, 4.69) is 22.5 Å². The number of aromatic nitrogens is 1. The summed E-state index contributed by atoms with van der Waals surface area (Å²) >= 11 is 1.65. The van der Waals surface area contributed by atoms with E-state index in [0.29, 0.717) is 25.1 Å². The smallest absolute Gasteiger partial charge is 0.315 e. The highest BCUT2D eigenvalue weighted by Crippen LogP contribution is 2.19. The largest absolute Gasteiger partial charge is 0.338 e. The molecule has 2 rings (SSSR count). The molecule has 1 heterocycles. The van der Waals surface area contributed by atoms with Gasteiger partial charge in [-0.1, -0.05) is 25.1 Å². The number of amides is 2.